The van der Waals surface area contributed by atoms with Gasteiger partial charge in [-0.15, -0.1) is 0 Å². The Hall–Kier alpha value is -1.88. The predicted octanol–water partition coefficient (Wildman–Crippen LogP) is 1.32. The number of nitrogens with two attached hydrogens (primary N) is 1. The summed E-state index contributed by atoms with van der Waals surface area (Å²) in [6.45, 7) is 1.62. The topological polar surface area (TPSA) is 84.2 Å². The highest BCUT2D eigenvalue weighted by Gasteiger charge is 2.29. The summed E-state index contributed by atoms with van der Waals surface area (Å²) >= 11 is 0. The van der Waals surface area contributed by atoms with Gasteiger partial charge in [-0.05, 0) is 38.0 Å². The molecule has 1 aliphatic rings. The number of benzene rings is 1. The average molecular weight is 247 g/mol. The lowest BCUT2D eigenvalue weighted by Gasteiger charge is -2.10. The highest BCUT2D eigenvalue weighted by atomic mass is 16.2. The van der Waals surface area contributed by atoms with Gasteiger partial charge in [0.05, 0.1) is 6.04 Å². The molecule has 1 fully saturated rings. The first kappa shape index (κ1) is 12.6. The SMILES string of the molecule is C[C@@H](N)C(=O)Nc1cccc(NC(=O)C2CC2)c1. The van der Waals surface area contributed by atoms with Gasteiger partial charge in [0.2, 0.25) is 11.8 Å². The van der Waals surface area contributed by atoms with E-state index in [1.807, 2.05) is 0 Å². The largest absolute Gasteiger partial charge is 0.326 e. The highest BCUT2D eigenvalue weighted by molar-refractivity contribution is 5.97. The number of amides is 2. The quantitative estimate of drug-likeness (QED) is 0.750. The van der Waals surface area contributed by atoms with Crippen LogP contribution in [0.4, 0.5) is 11.4 Å². The molecule has 0 heterocycles. The van der Waals surface area contributed by atoms with Crippen LogP contribution >= 0.6 is 0 Å². The summed E-state index contributed by atoms with van der Waals surface area (Å²) in [4.78, 5) is 23.0. The van der Waals surface area contributed by atoms with Crippen molar-refractivity contribution in [2.75, 3.05) is 10.6 Å². The average Bonchev–Trinajstić information content (AvgIpc) is 3.12. The van der Waals surface area contributed by atoms with Crippen molar-refractivity contribution >= 4 is 23.2 Å². The third kappa shape index (κ3) is 3.30. The Labute approximate surface area is 106 Å². The zero-order valence-electron chi connectivity index (χ0n) is 10.3. The summed E-state index contributed by atoms with van der Waals surface area (Å²) in [5.41, 5.74) is 6.79. The Morgan fingerprint density at radius 2 is 1.89 bits per heavy atom. The molecule has 5 heteroatoms. The van der Waals surface area contributed by atoms with Crippen LogP contribution in [0.25, 0.3) is 0 Å². The number of carbonyl (C=O) groups is 2. The van der Waals surface area contributed by atoms with Crippen LogP contribution in [0.1, 0.15) is 19.8 Å². The summed E-state index contributed by atoms with van der Waals surface area (Å²) in [6.07, 6.45) is 1.93. The van der Waals surface area contributed by atoms with E-state index in [0.717, 1.165) is 12.8 Å². The molecule has 5 nitrogen and oxygen atoms in total. The van der Waals surface area contributed by atoms with E-state index in [2.05, 4.69) is 10.6 Å². The summed E-state index contributed by atoms with van der Waals surface area (Å²) in [7, 11) is 0. The van der Waals surface area contributed by atoms with E-state index in [0.29, 0.717) is 11.4 Å². The van der Waals surface area contributed by atoms with E-state index in [9.17, 15) is 9.59 Å². The van der Waals surface area contributed by atoms with Crippen molar-refractivity contribution in [3.63, 3.8) is 0 Å². The molecule has 0 aromatic heterocycles. The first-order chi connectivity index (χ1) is 8.56. The molecule has 0 unspecified atom stereocenters. The fraction of sp³-hybridized carbons (Fsp3) is 0.385. The number of carbonyl (C=O) groups excluding carboxylic acids is 2. The summed E-state index contributed by atoms with van der Waals surface area (Å²) in [5.74, 6) is -0.0429. The standard InChI is InChI=1S/C13H17N3O2/c1-8(14)12(17)15-10-3-2-4-11(7-10)16-13(18)9-5-6-9/h2-4,7-9H,5-6,14H2,1H3,(H,15,17)(H,16,18)/t8-/m1/s1. The monoisotopic (exact) mass is 247 g/mol. The molecule has 1 saturated carbocycles. The number of rotatable bonds is 4. The smallest absolute Gasteiger partial charge is 0.240 e. The van der Waals surface area contributed by atoms with Gasteiger partial charge in [0.15, 0.2) is 0 Å². The summed E-state index contributed by atoms with van der Waals surface area (Å²) in [5, 5.41) is 5.51. The predicted molar refractivity (Wildman–Crippen MR) is 70.1 cm³/mol. The first-order valence-electron chi connectivity index (χ1n) is 6.03. The van der Waals surface area contributed by atoms with Crippen LogP contribution in [-0.4, -0.2) is 17.9 Å². The van der Waals surface area contributed by atoms with Crippen LogP contribution in [0, 0.1) is 5.92 Å². The number of hydrogen-bond donors (Lipinski definition) is 3. The highest BCUT2D eigenvalue weighted by Crippen LogP contribution is 2.30. The lowest BCUT2D eigenvalue weighted by atomic mass is 10.2. The summed E-state index contributed by atoms with van der Waals surface area (Å²) in [6, 6.07) is 6.49. The van der Waals surface area contributed by atoms with E-state index in [1.54, 1.807) is 31.2 Å². The van der Waals surface area contributed by atoms with E-state index in [1.165, 1.54) is 0 Å². The number of nitrogens with one attached hydrogen (secondary N) is 2. The molecule has 0 aliphatic heterocycles. The van der Waals surface area contributed by atoms with E-state index >= 15 is 0 Å². The van der Waals surface area contributed by atoms with Gasteiger partial charge in [0.1, 0.15) is 0 Å². The molecule has 96 valence electrons. The lowest BCUT2D eigenvalue weighted by Crippen LogP contribution is -2.32. The van der Waals surface area contributed by atoms with Gasteiger partial charge in [-0.2, -0.15) is 0 Å². The maximum absolute atomic E-state index is 11.6. The second-order valence-corrected chi connectivity index (χ2v) is 4.62. The van der Waals surface area contributed by atoms with Crippen molar-refractivity contribution in [2.45, 2.75) is 25.8 Å². The first-order valence-corrected chi connectivity index (χ1v) is 6.03. The zero-order chi connectivity index (χ0) is 13.1. The van der Waals surface area contributed by atoms with Crippen LogP contribution in [0.2, 0.25) is 0 Å². The minimum atomic E-state index is -0.560. The molecule has 0 radical (unpaired) electrons. The van der Waals surface area contributed by atoms with Gasteiger partial charge in [0.25, 0.3) is 0 Å². The van der Waals surface area contributed by atoms with Gasteiger partial charge >= 0.3 is 0 Å². The molecule has 18 heavy (non-hydrogen) atoms. The molecule has 4 N–H and O–H groups in total. The van der Waals surface area contributed by atoms with Gasteiger partial charge in [-0.1, -0.05) is 6.07 Å². The minimum absolute atomic E-state index is 0.0469. The number of hydrogen-bond acceptors (Lipinski definition) is 3. The molecular weight excluding hydrogens is 230 g/mol. The maximum atomic E-state index is 11.6. The van der Waals surface area contributed by atoms with Crippen LogP contribution in [-0.2, 0) is 9.59 Å². The molecule has 0 bridgehead atoms. The van der Waals surface area contributed by atoms with Gasteiger partial charge in [0, 0.05) is 17.3 Å². The minimum Gasteiger partial charge on any atom is -0.326 e. The molecule has 2 amide bonds. The fourth-order valence-corrected chi connectivity index (χ4v) is 1.52. The van der Waals surface area contributed by atoms with Crippen LogP contribution in [0.15, 0.2) is 24.3 Å². The second-order valence-electron chi connectivity index (χ2n) is 4.62. The van der Waals surface area contributed by atoms with Gasteiger partial charge < -0.3 is 16.4 Å². The number of anilines is 2. The Morgan fingerprint density at radius 3 is 2.44 bits per heavy atom. The zero-order valence-corrected chi connectivity index (χ0v) is 10.3. The normalized spacial score (nSPS) is 15.9. The van der Waals surface area contributed by atoms with E-state index in [-0.39, 0.29) is 17.7 Å². The molecule has 1 aromatic carbocycles. The van der Waals surface area contributed by atoms with E-state index in [4.69, 9.17) is 5.73 Å². The molecular formula is C13H17N3O2. The third-order valence-corrected chi connectivity index (χ3v) is 2.76. The van der Waals surface area contributed by atoms with Crippen LogP contribution < -0.4 is 16.4 Å². The molecule has 1 aliphatic carbocycles. The molecule has 1 aromatic rings. The Morgan fingerprint density at radius 1 is 1.28 bits per heavy atom. The molecule has 1 atom stereocenters. The van der Waals surface area contributed by atoms with Crippen molar-refractivity contribution in [2.24, 2.45) is 11.7 Å². The van der Waals surface area contributed by atoms with Crippen LogP contribution in [0.5, 0.6) is 0 Å². The van der Waals surface area contributed by atoms with Gasteiger partial charge in [-0.25, -0.2) is 0 Å². The van der Waals surface area contributed by atoms with Crippen molar-refractivity contribution in [1.29, 1.82) is 0 Å². The summed E-state index contributed by atoms with van der Waals surface area (Å²) < 4.78 is 0. The molecule has 0 spiro atoms. The van der Waals surface area contributed by atoms with Crippen molar-refractivity contribution in [3.8, 4) is 0 Å². The van der Waals surface area contributed by atoms with Crippen molar-refractivity contribution < 1.29 is 9.59 Å². The van der Waals surface area contributed by atoms with Crippen molar-refractivity contribution in [1.82, 2.24) is 0 Å². The maximum Gasteiger partial charge on any atom is 0.240 e. The van der Waals surface area contributed by atoms with Gasteiger partial charge in [-0.3, -0.25) is 9.59 Å². The molecule has 0 saturated heterocycles. The van der Waals surface area contributed by atoms with Crippen molar-refractivity contribution in [3.05, 3.63) is 24.3 Å². The third-order valence-electron chi connectivity index (χ3n) is 2.76. The Kier molecular flexibility index (Phi) is 3.62. The fourth-order valence-electron chi connectivity index (χ4n) is 1.52. The Balaban J connectivity index is 2.00. The molecule has 2 rings (SSSR count). The van der Waals surface area contributed by atoms with E-state index < -0.39 is 6.04 Å². The second kappa shape index (κ2) is 5.18. The van der Waals surface area contributed by atoms with Crippen LogP contribution in [0.3, 0.4) is 0 Å². The lowest BCUT2D eigenvalue weighted by molar-refractivity contribution is -0.117. The Bertz CT molecular complexity index is 436.